The number of methoxy groups -OCH3 is 1. The van der Waals surface area contributed by atoms with E-state index in [4.69, 9.17) is 4.74 Å². The summed E-state index contributed by atoms with van der Waals surface area (Å²) in [7, 11) is 1.83. The number of rotatable bonds is 6. The number of fused-ring (bicyclic) bond motifs is 1. The van der Waals surface area contributed by atoms with Crippen LogP contribution in [0.2, 0.25) is 0 Å². The first-order valence-corrected chi connectivity index (χ1v) is 7.44. The molecule has 1 aliphatic carbocycles. The highest BCUT2D eigenvalue weighted by Gasteiger charge is 2.37. The van der Waals surface area contributed by atoms with Gasteiger partial charge in [0, 0.05) is 24.9 Å². The largest absolute Gasteiger partial charge is 0.379 e. The molecule has 3 nitrogen and oxygen atoms in total. The molecule has 2 atom stereocenters. The lowest BCUT2D eigenvalue weighted by Gasteiger charge is -2.28. The van der Waals surface area contributed by atoms with Crippen LogP contribution in [0.4, 0.5) is 0 Å². The van der Waals surface area contributed by atoms with Crippen molar-refractivity contribution in [3.05, 3.63) is 42.2 Å². The van der Waals surface area contributed by atoms with Crippen LogP contribution in [0.5, 0.6) is 0 Å². The van der Waals surface area contributed by atoms with Gasteiger partial charge in [0.2, 0.25) is 0 Å². The van der Waals surface area contributed by atoms with Gasteiger partial charge in [0.15, 0.2) is 0 Å². The third kappa shape index (κ3) is 2.56. The van der Waals surface area contributed by atoms with Gasteiger partial charge >= 0.3 is 0 Å². The Balaban J connectivity index is 2.04. The van der Waals surface area contributed by atoms with Gasteiger partial charge in [-0.2, -0.15) is 0 Å². The molecular formula is C17H22N2O. The molecule has 106 valence electrons. The lowest BCUT2D eigenvalue weighted by Crippen LogP contribution is -2.34. The van der Waals surface area contributed by atoms with Gasteiger partial charge in [-0.1, -0.05) is 25.1 Å². The Morgan fingerprint density at radius 2 is 2.20 bits per heavy atom. The summed E-state index contributed by atoms with van der Waals surface area (Å²) in [5, 5.41) is 6.08. The molecule has 2 unspecified atom stereocenters. The SMILES string of the molecule is CCNC(c1cccc2ccncc12)C(OC)C1CC1. The third-order valence-electron chi connectivity index (χ3n) is 4.16. The molecule has 0 spiro atoms. The zero-order valence-corrected chi connectivity index (χ0v) is 12.2. The molecule has 1 aromatic heterocycles. The van der Waals surface area contributed by atoms with Crippen LogP contribution in [0.3, 0.4) is 0 Å². The lowest BCUT2D eigenvalue weighted by molar-refractivity contribution is 0.0516. The average molecular weight is 270 g/mol. The van der Waals surface area contributed by atoms with Crippen molar-refractivity contribution in [2.45, 2.75) is 31.9 Å². The predicted octanol–water partition coefficient (Wildman–Crippen LogP) is 3.31. The van der Waals surface area contributed by atoms with E-state index in [1.54, 1.807) is 0 Å². The van der Waals surface area contributed by atoms with Gasteiger partial charge in [-0.3, -0.25) is 4.98 Å². The molecule has 20 heavy (non-hydrogen) atoms. The number of likely N-dealkylation sites (N-methyl/N-ethyl adjacent to an activating group) is 1. The Labute approximate surface area is 120 Å². The highest BCUT2D eigenvalue weighted by atomic mass is 16.5. The molecule has 1 aliphatic rings. The quantitative estimate of drug-likeness (QED) is 0.874. The molecular weight excluding hydrogens is 248 g/mol. The van der Waals surface area contributed by atoms with E-state index in [0.29, 0.717) is 5.92 Å². The maximum absolute atomic E-state index is 5.81. The van der Waals surface area contributed by atoms with E-state index in [9.17, 15) is 0 Å². The van der Waals surface area contributed by atoms with E-state index in [-0.39, 0.29) is 12.1 Å². The second-order valence-corrected chi connectivity index (χ2v) is 5.52. The minimum atomic E-state index is 0.241. The molecule has 1 fully saturated rings. The highest BCUT2D eigenvalue weighted by Crippen LogP contribution is 2.40. The van der Waals surface area contributed by atoms with E-state index in [1.165, 1.54) is 29.2 Å². The van der Waals surface area contributed by atoms with E-state index in [1.807, 2.05) is 19.5 Å². The number of hydrogen-bond acceptors (Lipinski definition) is 3. The van der Waals surface area contributed by atoms with Crippen LogP contribution < -0.4 is 5.32 Å². The lowest BCUT2D eigenvalue weighted by atomic mass is 9.94. The molecule has 1 heterocycles. The fourth-order valence-electron chi connectivity index (χ4n) is 3.06. The second kappa shape index (κ2) is 5.90. The number of hydrogen-bond donors (Lipinski definition) is 1. The molecule has 0 amide bonds. The molecule has 0 saturated heterocycles. The predicted molar refractivity (Wildman–Crippen MR) is 81.7 cm³/mol. The van der Waals surface area contributed by atoms with Crippen molar-refractivity contribution >= 4 is 10.8 Å². The molecule has 1 aromatic carbocycles. The third-order valence-corrected chi connectivity index (χ3v) is 4.16. The van der Waals surface area contributed by atoms with Gasteiger partial charge in [-0.05, 0) is 42.3 Å². The normalized spacial score (nSPS) is 18.1. The molecule has 0 radical (unpaired) electrons. The number of nitrogens with one attached hydrogen (secondary N) is 1. The maximum Gasteiger partial charge on any atom is 0.0794 e. The van der Waals surface area contributed by atoms with Gasteiger partial charge in [0.05, 0.1) is 12.1 Å². The van der Waals surface area contributed by atoms with Gasteiger partial charge < -0.3 is 10.1 Å². The van der Waals surface area contributed by atoms with Crippen molar-refractivity contribution in [2.24, 2.45) is 5.92 Å². The maximum atomic E-state index is 5.81. The number of nitrogens with zero attached hydrogens (tertiary/aromatic N) is 1. The summed E-state index contributed by atoms with van der Waals surface area (Å²) < 4.78 is 5.81. The zero-order chi connectivity index (χ0) is 13.9. The van der Waals surface area contributed by atoms with E-state index in [2.05, 4.69) is 41.5 Å². The van der Waals surface area contributed by atoms with Gasteiger partial charge in [0.1, 0.15) is 0 Å². The van der Waals surface area contributed by atoms with Crippen LogP contribution in [0.25, 0.3) is 10.8 Å². The van der Waals surface area contributed by atoms with E-state index >= 15 is 0 Å². The Morgan fingerprint density at radius 3 is 2.90 bits per heavy atom. The summed E-state index contributed by atoms with van der Waals surface area (Å²) in [4.78, 5) is 4.29. The smallest absolute Gasteiger partial charge is 0.0794 e. The van der Waals surface area contributed by atoms with Crippen molar-refractivity contribution in [1.29, 1.82) is 0 Å². The summed E-state index contributed by atoms with van der Waals surface area (Å²) in [6, 6.07) is 8.78. The fourth-order valence-corrected chi connectivity index (χ4v) is 3.06. The monoisotopic (exact) mass is 270 g/mol. The molecule has 1 N–H and O–H groups in total. The minimum absolute atomic E-state index is 0.241. The molecule has 1 saturated carbocycles. The van der Waals surface area contributed by atoms with Gasteiger partial charge in [0.25, 0.3) is 0 Å². The van der Waals surface area contributed by atoms with Crippen molar-refractivity contribution < 1.29 is 4.74 Å². The first-order valence-electron chi connectivity index (χ1n) is 7.44. The van der Waals surface area contributed by atoms with Crippen LogP contribution in [-0.2, 0) is 4.74 Å². The molecule has 0 bridgehead atoms. The van der Waals surface area contributed by atoms with Crippen LogP contribution in [0, 0.1) is 5.92 Å². The number of benzene rings is 1. The van der Waals surface area contributed by atoms with Crippen LogP contribution in [0.15, 0.2) is 36.7 Å². The topological polar surface area (TPSA) is 34.2 Å². The van der Waals surface area contributed by atoms with Gasteiger partial charge in [-0.25, -0.2) is 0 Å². The fraction of sp³-hybridized carbons (Fsp3) is 0.471. The highest BCUT2D eigenvalue weighted by molar-refractivity contribution is 5.85. The Bertz CT molecular complexity index is 575. The molecule has 3 rings (SSSR count). The van der Waals surface area contributed by atoms with E-state index < -0.39 is 0 Å². The molecule has 0 aliphatic heterocycles. The summed E-state index contributed by atoms with van der Waals surface area (Å²) >= 11 is 0. The average Bonchev–Trinajstić information content (AvgIpc) is 3.31. The van der Waals surface area contributed by atoms with Crippen LogP contribution >= 0.6 is 0 Å². The Kier molecular flexibility index (Phi) is 3.99. The van der Waals surface area contributed by atoms with Crippen molar-refractivity contribution in [3.8, 4) is 0 Å². The summed E-state index contributed by atoms with van der Waals surface area (Å²) in [6.45, 7) is 3.09. The van der Waals surface area contributed by atoms with Crippen LogP contribution in [-0.4, -0.2) is 24.7 Å². The number of pyridine rings is 1. The first-order chi connectivity index (χ1) is 9.85. The van der Waals surface area contributed by atoms with Crippen molar-refractivity contribution in [2.75, 3.05) is 13.7 Å². The van der Waals surface area contributed by atoms with Crippen molar-refractivity contribution in [3.63, 3.8) is 0 Å². The number of aromatic nitrogens is 1. The second-order valence-electron chi connectivity index (χ2n) is 5.52. The van der Waals surface area contributed by atoms with Crippen LogP contribution in [0.1, 0.15) is 31.4 Å². The Hall–Kier alpha value is -1.45. The summed E-state index contributed by atoms with van der Waals surface area (Å²) in [5.41, 5.74) is 1.30. The van der Waals surface area contributed by atoms with Gasteiger partial charge in [-0.15, -0.1) is 0 Å². The standard InChI is InChI=1S/C17H22N2O/c1-3-19-16(17(20-2)13-7-8-13)14-6-4-5-12-9-10-18-11-15(12)14/h4-6,9-11,13,16-17,19H,3,7-8H2,1-2H3. The molecule has 2 aromatic rings. The zero-order valence-electron chi connectivity index (χ0n) is 12.2. The van der Waals surface area contributed by atoms with E-state index in [0.717, 1.165) is 6.54 Å². The molecule has 3 heteroatoms. The van der Waals surface area contributed by atoms with Crippen molar-refractivity contribution in [1.82, 2.24) is 10.3 Å². The first kappa shape index (κ1) is 13.5. The Morgan fingerprint density at radius 1 is 1.35 bits per heavy atom. The minimum Gasteiger partial charge on any atom is -0.379 e. The number of ether oxygens (including phenoxy) is 1. The summed E-state index contributed by atoms with van der Waals surface area (Å²) in [6.07, 6.45) is 6.63. The summed E-state index contributed by atoms with van der Waals surface area (Å²) in [5.74, 6) is 0.691.